The standard InChI is InChI=1S/C14H29N3/c1-12(2)17-9-6-13(7-10-17)15-8-11-16(3)14-4-5-14/h12-15H,4-11H2,1-3H3. The molecule has 1 saturated carbocycles. The van der Waals surface area contributed by atoms with E-state index in [0.29, 0.717) is 0 Å². The van der Waals surface area contributed by atoms with Crippen LogP contribution in [0.1, 0.15) is 39.5 Å². The Bertz CT molecular complexity index is 218. The average molecular weight is 239 g/mol. The largest absolute Gasteiger partial charge is 0.313 e. The Morgan fingerprint density at radius 3 is 2.35 bits per heavy atom. The van der Waals surface area contributed by atoms with E-state index in [4.69, 9.17) is 0 Å². The second-order valence-corrected chi connectivity index (χ2v) is 6.07. The van der Waals surface area contributed by atoms with Crippen molar-refractivity contribution >= 4 is 0 Å². The lowest BCUT2D eigenvalue weighted by Crippen LogP contribution is -2.46. The monoisotopic (exact) mass is 239 g/mol. The zero-order valence-electron chi connectivity index (χ0n) is 11.8. The van der Waals surface area contributed by atoms with E-state index < -0.39 is 0 Å². The number of nitrogens with one attached hydrogen (secondary N) is 1. The summed E-state index contributed by atoms with van der Waals surface area (Å²) in [5.74, 6) is 0. The van der Waals surface area contributed by atoms with E-state index in [9.17, 15) is 0 Å². The molecule has 3 nitrogen and oxygen atoms in total. The summed E-state index contributed by atoms with van der Waals surface area (Å²) >= 11 is 0. The molecular weight excluding hydrogens is 210 g/mol. The first kappa shape index (κ1) is 13.3. The molecule has 0 bridgehead atoms. The quantitative estimate of drug-likeness (QED) is 0.758. The van der Waals surface area contributed by atoms with Crippen LogP contribution in [0.5, 0.6) is 0 Å². The minimum atomic E-state index is 0.719. The molecule has 1 heterocycles. The third-order valence-electron chi connectivity index (χ3n) is 4.33. The minimum absolute atomic E-state index is 0.719. The predicted octanol–water partition coefficient (Wildman–Crippen LogP) is 1.54. The number of likely N-dealkylation sites (tertiary alicyclic amines) is 1. The first-order valence-electron chi connectivity index (χ1n) is 7.34. The fraction of sp³-hybridized carbons (Fsp3) is 1.00. The Labute approximate surface area is 107 Å². The lowest BCUT2D eigenvalue weighted by atomic mass is 10.0. The van der Waals surface area contributed by atoms with Crippen LogP contribution in [-0.4, -0.2) is 61.2 Å². The smallest absolute Gasteiger partial charge is 0.0107 e. The SMILES string of the molecule is CC(C)N1CCC(NCCN(C)C2CC2)CC1. The maximum absolute atomic E-state index is 3.73. The topological polar surface area (TPSA) is 18.5 Å². The van der Waals surface area contributed by atoms with Crippen LogP contribution in [0.25, 0.3) is 0 Å². The maximum atomic E-state index is 3.73. The summed E-state index contributed by atoms with van der Waals surface area (Å²) in [4.78, 5) is 5.10. The molecule has 2 aliphatic rings. The molecule has 0 amide bonds. The Morgan fingerprint density at radius 1 is 1.18 bits per heavy atom. The Hall–Kier alpha value is -0.120. The second-order valence-electron chi connectivity index (χ2n) is 6.07. The van der Waals surface area contributed by atoms with Gasteiger partial charge in [-0.05, 0) is 59.7 Å². The number of hydrogen-bond acceptors (Lipinski definition) is 3. The van der Waals surface area contributed by atoms with Crippen molar-refractivity contribution in [3.8, 4) is 0 Å². The van der Waals surface area contributed by atoms with Crippen LogP contribution in [0.15, 0.2) is 0 Å². The molecular formula is C14H29N3. The van der Waals surface area contributed by atoms with Gasteiger partial charge in [-0.3, -0.25) is 0 Å². The Morgan fingerprint density at radius 2 is 1.82 bits per heavy atom. The molecule has 3 heteroatoms. The van der Waals surface area contributed by atoms with Crippen LogP contribution in [0.2, 0.25) is 0 Å². The van der Waals surface area contributed by atoms with E-state index in [1.807, 2.05) is 0 Å². The molecule has 1 aliphatic heterocycles. The van der Waals surface area contributed by atoms with Crippen molar-refractivity contribution in [2.45, 2.75) is 57.7 Å². The van der Waals surface area contributed by atoms with Gasteiger partial charge < -0.3 is 15.1 Å². The molecule has 1 saturated heterocycles. The number of likely N-dealkylation sites (N-methyl/N-ethyl adjacent to an activating group) is 1. The lowest BCUT2D eigenvalue weighted by molar-refractivity contribution is 0.159. The van der Waals surface area contributed by atoms with E-state index in [1.165, 1.54) is 51.9 Å². The van der Waals surface area contributed by atoms with Crippen LogP contribution in [-0.2, 0) is 0 Å². The first-order chi connectivity index (χ1) is 8.16. The van der Waals surface area contributed by atoms with Crippen molar-refractivity contribution in [1.29, 1.82) is 0 Å². The third-order valence-corrected chi connectivity index (χ3v) is 4.33. The highest BCUT2D eigenvalue weighted by atomic mass is 15.2. The van der Waals surface area contributed by atoms with Gasteiger partial charge in [0, 0.05) is 31.2 Å². The van der Waals surface area contributed by atoms with Crippen LogP contribution in [0.3, 0.4) is 0 Å². The summed E-state index contributed by atoms with van der Waals surface area (Å²) in [6, 6.07) is 2.38. The van der Waals surface area contributed by atoms with Gasteiger partial charge in [0.1, 0.15) is 0 Å². The molecule has 1 N–H and O–H groups in total. The van der Waals surface area contributed by atoms with Gasteiger partial charge in [0.25, 0.3) is 0 Å². The molecule has 2 fully saturated rings. The van der Waals surface area contributed by atoms with Gasteiger partial charge in [-0.1, -0.05) is 0 Å². The zero-order valence-corrected chi connectivity index (χ0v) is 11.8. The fourth-order valence-electron chi connectivity index (χ4n) is 2.76. The molecule has 17 heavy (non-hydrogen) atoms. The van der Waals surface area contributed by atoms with Crippen molar-refractivity contribution in [2.75, 3.05) is 33.2 Å². The maximum Gasteiger partial charge on any atom is 0.0107 e. The van der Waals surface area contributed by atoms with Crippen molar-refractivity contribution in [1.82, 2.24) is 15.1 Å². The predicted molar refractivity (Wildman–Crippen MR) is 73.4 cm³/mol. The summed E-state index contributed by atoms with van der Waals surface area (Å²) < 4.78 is 0. The fourth-order valence-corrected chi connectivity index (χ4v) is 2.76. The number of rotatable bonds is 6. The molecule has 0 unspecified atom stereocenters. The summed E-state index contributed by atoms with van der Waals surface area (Å²) in [6.45, 7) is 9.53. The van der Waals surface area contributed by atoms with E-state index >= 15 is 0 Å². The molecule has 100 valence electrons. The van der Waals surface area contributed by atoms with Crippen molar-refractivity contribution in [2.24, 2.45) is 0 Å². The molecule has 0 aromatic heterocycles. The molecule has 0 aromatic carbocycles. The highest BCUT2D eigenvalue weighted by Gasteiger charge is 2.26. The van der Waals surface area contributed by atoms with Gasteiger partial charge in [0.2, 0.25) is 0 Å². The molecule has 2 rings (SSSR count). The summed E-state index contributed by atoms with van der Waals surface area (Å²) in [7, 11) is 2.26. The highest BCUT2D eigenvalue weighted by Crippen LogP contribution is 2.24. The highest BCUT2D eigenvalue weighted by molar-refractivity contribution is 4.83. The van der Waals surface area contributed by atoms with Gasteiger partial charge in [0.05, 0.1) is 0 Å². The van der Waals surface area contributed by atoms with Gasteiger partial charge in [-0.2, -0.15) is 0 Å². The first-order valence-corrected chi connectivity index (χ1v) is 7.34. The van der Waals surface area contributed by atoms with Crippen molar-refractivity contribution in [3.05, 3.63) is 0 Å². The third kappa shape index (κ3) is 4.23. The normalized spacial score (nSPS) is 23.8. The van der Waals surface area contributed by atoms with E-state index in [2.05, 4.69) is 36.0 Å². The van der Waals surface area contributed by atoms with Crippen LogP contribution >= 0.6 is 0 Å². The van der Waals surface area contributed by atoms with Gasteiger partial charge in [0.15, 0.2) is 0 Å². The second kappa shape index (κ2) is 6.17. The number of nitrogens with zero attached hydrogens (tertiary/aromatic N) is 2. The van der Waals surface area contributed by atoms with Gasteiger partial charge >= 0.3 is 0 Å². The number of piperidine rings is 1. The van der Waals surface area contributed by atoms with Crippen LogP contribution in [0.4, 0.5) is 0 Å². The lowest BCUT2D eigenvalue weighted by Gasteiger charge is -2.35. The Kier molecular flexibility index (Phi) is 4.83. The molecule has 0 atom stereocenters. The van der Waals surface area contributed by atoms with Crippen LogP contribution in [0, 0.1) is 0 Å². The summed E-state index contributed by atoms with van der Waals surface area (Å²) in [5, 5.41) is 3.73. The summed E-state index contributed by atoms with van der Waals surface area (Å²) in [6.07, 6.45) is 5.49. The van der Waals surface area contributed by atoms with E-state index in [0.717, 1.165) is 18.1 Å². The average Bonchev–Trinajstić information content (AvgIpc) is 3.13. The van der Waals surface area contributed by atoms with Gasteiger partial charge in [-0.25, -0.2) is 0 Å². The summed E-state index contributed by atoms with van der Waals surface area (Å²) in [5.41, 5.74) is 0. The molecule has 0 aromatic rings. The number of hydrogen-bond donors (Lipinski definition) is 1. The van der Waals surface area contributed by atoms with Crippen molar-refractivity contribution < 1.29 is 0 Å². The van der Waals surface area contributed by atoms with E-state index in [-0.39, 0.29) is 0 Å². The zero-order chi connectivity index (χ0) is 12.3. The molecule has 0 spiro atoms. The molecule has 0 radical (unpaired) electrons. The van der Waals surface area contributed by atoms with Crippen LogP contribution < -0.4 is 5.32 Å². The van der Waals surface area contributed by atoms with E-state index in [1.54, 1.807) is 0 Å². The Balaban J connectivity index is 1.55. The van der Waals surface area contributed by atoms with Crippen molar-refractivity contribution in [3.63, 3.8) is 0 Å². The molecule has 1 aliphatic carbocycles. The minimum Gasteiger partial charge on any atom is -0.313 e. The van der Waals surface area contributed by atoms with Gasteiger partial charge in [-0.15, -0.1) is 0 Å².